The number of hydrogen-bond donors (Lipinski definition) is 2. The van der Waals surface area contributed by atoms with Gasteiger partial charge in [-0.3, -0.25) is 14.4 Å². The minimum absolute atomic E-state index is 0.00145. The Morgan fingerprint density at radius 3 is 2.23 bits per heavy atom. The van der Waals surface area contributed by atoms with Crippen LogP contribution in [0.1, 0.15) is 23.6 Å². The number of nitrogens with one attached hydrogen (secondary N) is 1. The van der Waals surface area contributed by atoms with Gasteiger partial charge in [-0.2, -0.15) is 0 Å². The van der Waals surface area contributed by atoms with Gasteiger partial charge in [-0.15, -0.1) is 0 Å². The average Bonchev–Trinajstić information content (AvgIpc) is 2.78. The largest absolute Gasteiger partial charge is 0.502 e. The van der Waals surface area contributed by atoms with Gasteiger partial charge in [0, 0.05) is 12.6 Å². The van der Waals surface area contributed by atoms with E-state index in [4.69, 9.17) is 0 Å². The number of imide groups is 1. The fourth-order valence-corrected chi connectivity index (χ4v) is 2.99. The molecule has 2 aromatic carbocycles. The zero-order chi connectivity index (χ0) is 19.0. The SMILES string of the molecule is CC(=O)Nc1ccc(N2C(=O)C(O)=C(c3ccc(C)cc3C)C2=O)cc1. The first-order valence-corrected chi connectivity index (χ1v) is 8.07. The van der Waals surface area contributed by atoms with E-state index in [-0.39, 0.29) is 11.5 Å². The minimum atomic E-state index is -0.766. The molecule has 6 nitrogen and oxygen atoms in total. The Bertz CT molecular complexity index is 958. The molecular formula is C20H18N2O4. The lowest BCUT2D eigenvalue weighted by molar-refractivity contribution is -0.121. The molecule has 3 amide bonds. The maximum Gasteiger partial charge on any atom is 0.301 e. The Kier molecular flexibility index (Phi) is 4.34. The number of carbonyl (C=O) groups is 3. The standard InChI is InChI=1S/C20H18N2O4/c1-11-4-9-16(12(2)10-11)17-18(24)20(26)22(19(17)25)15-7-5-14(6-8-15)21-13(3)23/h4-10,24H,1-3H3,(H,21,23). The summed E-state index contributed by atoms with van der Waals surface area (Å²) in [5.74, 6) is -2.13. The quantitative estimate of drug-likeness (QED) is 0.833. The Balaban J connectivity index is 1.97. The number of rotatable bonds is 3. The Labute approximate surface area is 150 Å². The third-order valence-corrected chi connectivity index (χ3v) is 4.16. The van der Waals surface area contributed by atoms with Crippen LogP contribution in [0.4, 0.5) is 11.4 Å². The monoisotopic (exact) mass is 350 g/mol. The van der Waals surface area contributed by atoms with Crippen LogP contribution in [-0.4, -0.2) is 22.8 Å². The molecular weight excluding hydrogens is 332 g/mol. The summed E-state index contributed by atoms with van der Waals surface area (Å²) in [7, 11) is 0. The van der Waals surface area contributed by atoms with Gasteiger partial charge in [0.1, 0.15) is 0 Å². The summed E-state index contributed by atoms with van der Waals surface area (Å²) in [5, 5.41) is 12.9. The maximum atomic E-state index is 12.8. The molecule has 1 heterocycles. The van der Waals surface area contributed by atoms with Crippen molar-refractivity contribution in [3.63, 3.8) is 0 Å². The van der Waals surface area contributed by atoms with Crippen molar-refractivity contribution < 1.29 is 19.5 Å². The van der Waals surface area contributed by atoms with E-state index in [0.29, 0.717) is 16.9 Å². The number of aliphatic hydroxyl groups excluding tert-OH is 1. The predicted molar refractivity (Wildman–Crippen MR) is 98.7 cm³/mol. The smallest absolute Gasteiger partial charge is 0.301 e. The highest BCUT2D eigenvalue weighted by Crippen LogP contribution is 2.33. The molecule has 1 aliphatic heterocycles. The van der Waals surface area contributed by atoms with Crippen molar-refractivity contribution in [2.75, 3.05) is 10.2 Å². The lowest BCUT2D eigenvalue weighted by Crippen LogP contribution is -2.31. The summed E-state index contributed by atoms with van der Waals surface area (Å²) < 4.78 is 0. The minimum Gasteiger partial charge on any atom is -0.502 e. The molecule has 0 unspecified atom stereocenters. The molecule has 0 atom stereocenters. The van der Waals surface area contributed by atoms with Crippen LogP contribution >= 0.6 is 0 Å². The number of amides is 3. The van der Waals surface area contributed by atoms with E-state index in [1.54, 1.807) is 30.3 Å². The Morgan fingerprint density at radius 1 is 1.00 bits per heavy atom. The second-order valence-electron chi connectivity index (χ2n) is 6.22. The highest BCUT2D eigenvalue weighted by atomic mass is 16.3. The normalized spacial score (nSPS) is 14.2. The summed E-state index contributed by atoms with van der Waals surface area (Å²) in [6.45, 7) is 5.14. The van der Waals surface area contributed by atoms with Crippen molar-refractivity contribution in [2.24, 2.45) is 0 Å². The van der Waals surface area contributed by atoms with Gasteiger partial charge in [-0.05, 0) is 49.2 Å². The van der Waals surface area contributed by atoms with Crippen LogP contribution in [0.3, 0.4) is 0 Å². The molecule has 0 saturated heterocycles. The molecule has 0 spiro atoms. The van der Waals surface area contributed by atoms with Crippen LogP contribution in [-0.2, 0) is 14.4 Å². The zero-order valence-electron chi connectivity index (χ0n) is 14.7. The van der Waals surface area contributed by atoms with Crippen molar-refractivity contribution in [2.45, 2.75) is 20.8 Å². The summed E-state index contributed by atoms with van der Waals surface area (Å²) in [4.78, 5) is 37.3. The third-order valence-electron chi connectivity index (χ3n) is 4.16. The van der Waals surface area contributed by atoms with E-state index < -0.39 is 17.6 Å². The maximum absolute atomic E-state index is 12.8. The van der Waals surface area contributed by atoms with Crippen molar-refractivity contribution in [3.05, 3.63) is 64.9 Å². The Hall–Kier alpha value is -3.41. The molecule has 132 valence electrons. The van der Waals surface area contributed by atoms with Gasteiger partial charge in [0.25, 0.3) is 5.91 Å². The molecule has 3 rings (SSSR count). The fraction of sp³-hybridized carbons (Fsp3) is 0.150. The molecule has 0 fully saturated rings. The van der Waals surface area contributed by atoms with Gasteiger partial charge in [-0.25, -0.2) is 4.90 Å². The first kappa shape index (κ1) is 17.4. The molecule has 26 heavy (non-hydrogen) atoms. The number of nitrogens with zero attached hydrogens (tertiary/aromatic N) is 1. The molecule has 0 saturated carbocycles. The van der Waals surface area contributed by atoms with Gasteiger partial charge in [0.2, 0.25) is 5.91 Å². The lowest BCUT2D eigenvalue weighted by atomic mass is 9.98. The van der Waals surface area contributed by atoms with Crippen LogP contribution in [0.5, 0.6) is 0 Å². The summed E-state index contributed by atoms with van der Waals surface area (Å²) in [6, 6.07) is 11.7. The van der Waals surface area contributed by atoms with Gasteiger partial charge >= 0.3 is 5.91 Å². The van der Waals surface area contributed by atoms with Gasteiger partial charge in [-0.1, -0.05) is 23.8 Å². The second-order valence-corrected chi connectivity index (χ2v) is 6.22. The van der Waals surface area contributed by atoms with E-state index in [1.807, 2.05) is 26.0 Å². The molecule has 0 radical (unpaired) electrons. The summed E-state index contributed by atoms with van der Waals surface area (Å²) in [5.41, 5.74) is 3.22. The lowest BCUT2D eigenvalue weighted by Gasteiger charge is -2.15. The fourth-order valence-electron chi connectivity index (χ4n) is 2.99. The zero-order valence-corrected chi connectivity index (χ0v) is 14.7. The molecule has 6 heteroatoms. The molecule has 0 bridgehead atoms. The van der Waals surface area contributed by atoms with Crippen molar-refractivity contribution >= 4 is 34.7 Å². The van der Waals surface area contributed by atoms with Gasteiger partial charge in [0.05, 0.1) is 11.3 Å². The number of aryl methyl sites for hydroxylation is 2. The molecule has 2 aromatic rings. The number of aliphatic hydroxyl groups is 1. The van der Waals surface area contributed by atoms with Crippen molar-refractivity contribution in [1.82, 2.24) is 0 Å². The third kappa shape index (κ3) is 2.97. The number of carbonyl (C=O) groups excluding carboxylic acids is 3. The van der Waals surface area contributed by atoms with E-state index in [1.165, 1.54) is 6.92 Å². The van der Waals surface area contributed by atoms with Crippen LogP contribution < -0.4 is 10.2 Å². The van der Waals surface area contributed by atoms with Gasteiger partial charge < -0.3 is 10.4 Å². The van der Waals surface area contributed by atoms with Crippen LogP contribution in [0, 0.1) is 13.8 Å². The summed E-state index contributed by atoms with van der Waals surface area (Å²) >= 11 is 0. The van der Waals surface area contributed by atoms with Gasteiger partial charge in [0.15, 0.2) is 5.76 Å². The highest BCUT2D eigenvalue weighted by Gasteiger charge is 2.40. The molecule has 2 N–H and O–H groups in total. The molecule has 1 aliphatic rings. The predicted octanol–water partition coefficient (Wildman–Crippen LogP) is 3.10. The van der Waals surface area contributed by atoms with Crippen molar-refractivity contribution in [1.29, 1.82) is 0 Å². The number of benzene rings is 2. The van der Waals surface area contributed by atoms with E-state index in [0.717, 1.165) is 16.0 Å². The second kappa shape index (κ2) is 6.48. The number of anilines is 2. The summed E-state index contributed by atoms with van der Waals surface area (Å²) in [6.07, 6.45) is 0. The van der Waals surface area contributed by atoms with E-state index in [9.17, 15) is 19.5 Å². The van der Waals surface area contributed by atoms with Crippen LogP contribution in [0.15, 0.2) is 48.2 Å². The van der Waals surface area contributed by atoms with Crippen LogP contribution in [0.25, 0.3) is 5.57 Å². The van der Waals surface area contributed by atoms with E-state index in [2.05, 4.69) is 5.32 Å². The molecule has 0 aliphatic carbocycles. The van der Waals surface area contributed by atoms with Crippen LogP contribution in [0.2, 0.25) is 0 Å². The topological polar surface area (TPSA) is 86.7 Å². The number of hydrogen-bond acceptors (Lipinski definition) is 4. The molecule has 0 aromatic heterocycles. The highest BCUT2D eigenvalue weighted by molar-refractivity contribution is 6.45. The Morgan fingerprint density at radius 2 is 1.65 bits per heavy atom. The first-order chi connectivity index (χ1) is 12.3. The average molecular weight is 350 g/mol. The van der Waals surface area contributed by atoms with Crippen molar-refractivity contribution in [3.8, 4) is 0 Å². The van der Waals surface area contributed by atoms with E-state index >= 15 is 0 Å². The first-order valence-electron chi connectivity index (χ1n) is 8.07.